The number of nitrogens with one attached hydrogen (secondary N) is 1. The molecule has 0 aromatic carbocycles. The van der Waals surface area contributed by atoms with Crippen LogP contribution < -0.4 is 5.32 Å². The van der Waals surface area contributed by atoms with Crippen LogP contribution in [0.3, 0.4) is 0 Å². The quantitative estimate of drug-likeness (QED) is 0.731. The Morgan fingerprint density at radius 1 is 1.26 bits per heavy atom. The summed E-state index contributed by atoms with van der Waals surface area (Å²) in [5, 5.41) is 3.58. The van der Waals surface area contributed by atoms with E-state index in [1.165, 1.54) is 25.7 Å². The second kappa shape index (κ2) is 6.74. The van der Waals surface area contributed by atoms with Crippen LogP contribution in [-0.4, -0.2) is 29.1 Å². The van der Waals surface area contributed by atoms with Crippen LogP contribution in [0.25, 0.3) is 0 Å². The third-order valence-corrected chi connectivity index (χ3v) is 4.54. The molecule has 1 heterocycles. The normalized spacial score (nSPS) is 29.0. The van der Waals surface area contributed by atoms with E-state index in [9.17, 15) is 4.79 Å². The summed E-state index contributed by atoms with van der Waals surface area (Å²) in [6.45, 7) is 6.63. The van der Waals surface area contributed by atoms with E-state index in [1.54, 1.807) is 0 Å². The zero-order valence-electron chi connectivity index (χ0n) is 12.8. The molecule has 3 unspecified atom stereocenters. The summed E-state index contributed by atoms with van der Waals surface area (Å²) in [6.07, 6.45) is 9.77. The molecule has 1 N–H and O–H groups in total. The zero-order valence-corrected chi connectivity index (χ0v) is 12.8. The maximum Gasteiger partial charge on any atom is 0.241 e. The predicted octanol–water partition coefficient (Wildman–Crippen LogP) is 3.29. The summed E-state index contributed by atoms with van der Waals surface area (Å²) in [7, 11) is 0. The SMILES string of the molecule is CCCCC1NC(CCC)N(C(C)CC2CC2)C1=O. The molecule has 19 heavy (non-hydrogen) atoms. The molecule has 3 heteroatoms. The molecule has 0 aromatic heterocycles. The van der Waals surface area contributed by atoms with Crippen molar-refractivity contribution in [3.8, 4) is 0 Å². The van der Waals surface area contributed by atoms with Gasteiger partial charge >= 0.3 is 0 Å². The van der Waals surface area contributed by atoms with E-state index in [4.69, 9.17) is 0 Å². The average molecular weight is 266 g/mol. The number of hydrogen-bond acceptors (Lipinski definition) is 2. The summed E-state index contributed by atoms with van der Waals surface area (Å²) < 4.78 is 0. The van der Waals surface area contributed by atoms with Crippen LogP contribution in [0.5, 0.6) is 0 Å². The lowest BCUT2D eigenvalue weighted by atomic mass is 10.1. The van der Waals surface area contributed by atoms with Gasteiger partial charge in [0.25, 0.3) is 0 Å². The molecule has 1 saturated heterocycles. The fourth-order valence-electron chi connectivity index (χ4n) is 3.30. The van der Waals surface area contributed by atoms with Crippen LogP contribution in [0.4, 0.5) is 0 Å². The van der Waals surface area contributed by atoms with E-state index >= 15 is 0 Å². The third kappa shape index (κ3) is 3.71. The smallest absolute Gasteiger partial charge is 0.241 e. The minimum absolute atomic E-state index is 0.0816. The Hall–Kier alpha value is -0.570. The number of nitrogens with zero attached hydrogens (tertiary/aromatic N) is 1. The lowest BCUT2D eigenvalue weighted by Gasteiger charge is -2.30. The number of amides is 1. The molecule has 3 atom stereocenters. The van der Waals surface area contributed by atoms with Crippen molar-refractivity contribution >= 4 is 5.91 Å². The standard InChI is InChI=1S/C16H30N2O/c1-4-6-8-14-16(19)18(15(17-14)7-5-2)12(3)11-13-9-10-13/h12-15,17H,4-11H2,1-3H3. The highest BCUT2D eigenvalue weighted by atomic mass is 16.2. The Bertz CT molecular complexity index is 301. The van der Waals surface area contributed by atoms with Gasteiger partial charge in [0.05, 0.1) is 12.2 Å². The van der Waals surface area contributed by atoms with Gasteiger partial charge < -0.3 is 4.90 Å². The predicted molar refractivity (Wildman–Crippen MR) is 78.8 cm³/mol. The molecule has 0 bridgehead atoms. The molecule has 1 aliphatic carbocycles. The fraction of sp³-hybridized carbons (Fsp3) is 0.938. The Balaban J connectivity index is 1.96. The van der Waals surface area contributed by atoms with Crippen molar-refractivity contribution in [3.63, 3.8) is 0 Å². The molecule has 2 rings (SSSR count). The molecule has 2 aliphatic rings. The van der Waals surface area contributed by atoms with Crippen molar-refractivity contribution in [2.24, 2.45) is 5.92 Å². The van der Waals surface area contributed by atoms with Crippen molar-refractivity contribution < 1.29 is 4.79 Å². The first-order chi connectivity index (χ1) is 9.17. The molecule has 3 nitrogen and oxygen atoms in total. The largest absolute Gasteiger partial charge is 0.323 e. The van der Waals surface area contributed by atoms with E-state index in [1.807, 2.05) is 0 Å². The first kappa shape index (κ1) is 14.8. The zero-order chi connectivity index (χ0) is 13.8. The summed E-state index contributed by atoms with van der Waals surface area (Å²) in [4.78, 5) is 14.8. The van der Waals surface area contributed by atoms with E-state index in [2.05, 4.69) is 31.0 Å². The number of hydrogen-bond donors (Lipinski definition) is 1. The second-order valence-corrected chi connectivity index (χ2v) is 6.44. The second-order valence-electron chi connectivity index (χ2n) is 6.44. The fourth-order valence-corrected chi connectivity index (χ4v) is 3.30. The number of rotatable bonds is 8. The molecule has 0 aromatic rings. The minimum atomic E-state index is 0.0816. The van der Waals surface area contributed by atoms with E-state index in [0.717, 1.165) is 31.6 Å². The molecule has 110 valence electrons. The van der Waals surface area contributed by atoms with Gasteiger partial charge in [0.1, 0.15) is 0 Å². The van der Waals surface area contributed by atoms with Gasteiger partial charge in [0.15, 0.2) is 0 Å². The molecule has 1 saturated carbocycles. The van der Waals surface area contributed by atoms with Crippen LogP contribution in [0, 0.1) is 5.92 Å². The summed E-state index contributed by atoms with van der Waals surface area (Å²) in [6, 6.07) is 0.494. The number of unbranched alkanes of at least 4 members (excludes halogenated alkanes) is 1. The molecule has 1 aliphatic heterocycles. The first-order valence-electron chi connectivity index (χ1n) is 8.25. The lowest BCUT2D eigenvalue weighted by molar-refractivity contribution is -0.132. The first-order valence-corrected chi connectivity index (χ1v) is 8.25. The molecular formula is C16H30N2O. The van der Waals surface area contributed by atoms with E-state index in [0.29, 0.717) is 11.9 Å². The van der Waals surface area contributed by atoms with Gasteiger partial charge in [-0.15, -0.1) is 0 Å². The van der Waals surface area contributed by atoms with Crippen molar-refractivity contribution in [3.05, 3.63) is 0 Å². The Morgan fingerprint density at radius 3 is 2.58 bits per heavy atom. The number of carbonyl (C=O) groups excluding carboxylic acids is 1. The van der Waals surface area contributed by atoms with Crippen LogP contribution >= 0.6 is 0 Å². The van der Waals surface area contributed by atoms with E-state index < -0.39 is 0 Å². The van der Waals surface area contributed by atoms with Crippen molar-refractivity contribution in [1.82, 2.24) is 10.2 Å². The highest BCUT2D eigenvalue weighted by Gasteiger charge is 2.41. The van der Waals surface area contributed by atoms with Crippen LogP contribution in [0.1, 0.15) is 72.1 Å². The van der Waals surface area contributed by atoms with Crippen molar-refractivity contribution in [2.75, 3.05) is 0 Å². The van der Waals surface area contributed by atoms with Gasteiger partial charge in [0, 0.05) is 6.04 Å². The lowest BCUT2D eigenvalue weighted by Crippen LogP contribution is -2.43. The minimum Gasteiger partial charge on any atom is -0.323 e. The van der Waals surface area contributed by atoms with E-state index in [-0.39, 0.29) is 12.2 Å². The van der Waals surface area contributed by atoms with Crippen molar-refractivity contribution in [1.29, 1.82) is 0 Å². The third-order valence-electron chi connectivity index (χ3n) is 4.54. The monoisotopic (exact) mass is 266 g/mol. The Morgan fingerprint density at radius 2 is 2.00 bits per heavy atom. The van der Waals surface area contributed by atoms with Gasteiger partial charge in [-0.05, 0) is 32.1 Å². The number of carbonyl (C=O) groups is 1. The van der Waals surface area contributed by atoms with Gasteiger partial charge in [-0.3, -0.25) is 10.1 Å². The molecule has 0 spiro atoms. The maximum absolute atomic E-state index is 12.6. The molecule has 1 amide bonds. The molecule has 0 radical (unpaired) electrons. The Kier molecular flexibility index (Phi) is 5.26. The molecule has 2 fully saturated rings. The van der Waals surface area contributed by atoms with Crippen LogP contribution in [0.2, 0.25) is 0 Å². The maximum atomic E-state index is 12.6. The Labute approximate surface area is 118 Å². The highest BCUT2D eigenvalue weighted by molar-refractivity contribution is 5.84. The van der Waals surface area contributed by atoms with Crippen molar-refractivity contribution in [2.45, 2.75) is 90.4 Å². The summed E-state index contributed by atoms with van der Waals surface area (Å²) in [5.74, 6) is 1.25. The molecular weight excluding hydrogens is 236 g/mol. The summed E-state index contributed by atoms with van der Waals surface area (Å²) >= 11 is 0. The topological polar surface area (TPSA) is 32.3 Å². The van der Waals surface area contributed by atoms with Gasteiger partial charge in [-0.1, -0.05) is 46.0 Å². The van der Waals surface area contributed by atoms with Gasteiger partial charge in [-0.25, -0.2) is 0 Å². The van der Waals surface area contributed by atoms with Crippen LogP contribution in [0.15, 0.2) is 0 Å². The average Bonchev–Trinajstić information content (AvgIpc) is 3.12. The van der Waals surface area contributed by atoms with Crippen LogP contribution in [-0.2, 0) is 4.79 Å². The van der Waals surface area contributed by atoms with Gasteiger partial charge in [0.2, 0.25) is 5.91 Å². The summed E-state index contributed by atoms with van der Waals surface area (Å²) in [5.41, 5.74) is 0. The highest BCUT2D eigenvalue weighted by Crippen LogP contribution is 2.36. The van der Waals surface area contributed by atoms with Gasteiger partial charge in [-0.2, -0.15) is 0 Å².